The molecule has 0 fully saturated rings. The summed E-state index contributed by atoms with van der Waals surface area (Å²) in [5, 5.41) is 7.56. The summed E-state index contributed by atoms with van der Waals surface area (Å²) in [6.07, 6.45) is 1.80. The van der Waals surface area contributed by atoms with E-state index < -0.39 is 0 Å². The highest BCUT2D eigenvalue weighted by molar-refractivity contribution is 6.63. The van der Waals surface area contributed by atoms with E-state index in [2.05, 4.69) is 10.1 Å². The zero-order valence-corrected chi connectivity index (χ0v) is 4.55. The molecular weight excluding hydrogens is 86.9 g/mol. The molecule has 0 N–H and O–H groups in total. The molecule has 0 radical (unpaired) electrons. The first-order chi connectivity index (χ1) is 3.30. The maximum Gasteiger partial charge on any atom is 0.335 e. The number of rotatable bonds is 0. The van der Waals surface area contributed by atoms with Crippen molar-refractivity contribution in [1.29, 1.82) is 0 Å². The first kappa shape index (κ1) is 4.56. The van der Waals surface area contributed by atoms with Crippen LogP contribution in [0.3, 0.4) is 0 Å². The summed E-state index contributed by atoms with van der Waals surface area (Å²) in [4.78, 5) is 0. The van der Waals surface area contributed by atoms with Crippen molar-refractivity contribution in [2.45, 2.75) is 13.7 Å². The smallest absolute Gasteiger partial charge is 0.248 e. The van der Waals surface area contributed by atoms with Crippen molar-refractivity contribution in [1.82, 2.24) is 0 Å². The molecule has 0 aromatic heterocycles. The van der Waals surface area contributed by atoms with Crippen molar-refractivity contribution in [2.75, 3.05) is 0 Å². The lowest BCUT2D eigenvalue weighted by atomic mass is 9.61. The standard InChI is InChI=1S/C4H7BN2/c1-4-3-6-7-5(4)2/h3H,1-2H3. The molecule has 1 heterocycles. The quantitative estimate of drug-likeness (QED) is 0.406. The molecule has 36 valence electrons. The van der Waals surface area contributed by atoms with Crippen LogP contribution in [0.5, 0.6) is 0 Å². The number of allylic oxidation sites excluding steroid dienone is 1. The van der Waals surface area contributed by atoms with Gasteiger partial charge in [-0.3, -0.25) is 0 Å². The third kappa shape index (κ3) is 0.708. The lowest BCUT2D eigenvalue weighted by molar-refractivity contribution is 1.34. The lowest BCUT2D eigenvalue weighted by Gasteiger charge is -1.86. The minimum absolute atomic E-state index is 0.333. The van der Waals surface area contributed by atoms with Crippen molar-refractivity contribution >= 4 is 6.85 Å². The topological polar surface area (TPSA) is 24.7 Å². The maximum absolute atomic E-state index is 3.85. The minimum atomic E-state index is 0.333. The molecule has 1 rings (SSSR count). The maximum atomic E-state index is 3.85. The molecule has 1 aliphatic rings. The summed E-state index contributed by atoms with van der Waals surface area (Å²) in [6.45, 7) is 4.40. The fraction of sp³-hybridized carbons (Fsp3) is 0.500. The first-order valence-corrected chi connectivity index (χ1v) is 2.37. The number of hydrogen-bond acceptors (Lipinski definition) is 2. The summed E-state index contributed by atoms with van der Waals surface area (Å²) in [5.41, 5.74) is 1.25. The van der Waals surface area contributed by atoms with E-state index in [0.717, 1.165) is 0 Å². The zero-order valence-electron chi connectivity index (χ0n) is 4.55. The summed E-state index contributed by atoms with van der Waals surface area (Å²) < 4.78 is 0. The molecule has 0 atom stereocenters. The highest BCUT2D eigenvalue weighted by Gasteiger charge is 2.11. The summed E-state index contributed by atoms with van der Waals surface area (Å²) >= 11 is 0. The largest absolute Gasteiger partial charge is 0.335 e. The average Bonchev–Trinajstić information content (AvgIpc) is 1.91. The molecule has 2 nitrogen and oxygen atoms in total. The van der Waals surface area contributed by atoms with Crippen LogP contribution in [0.1, 0.15) is 6.92 Å². The highest BCUT2D eigenvalue weighted by Crippen LogP contribution is 2.07. The molecule has 0 saturated heterocycles. The van der Waals surface area contributed by atoms with Gasteiger partial charge in [0.1, 0.15) is 0 Å². The summed E-state index contributed by atoms with van der Waals surface area (Å²) in [6, 6.07) is 0. The fourth-order valence-corrected chi connectivity index (χ4v) is 0.423. The third-order valence-corrected chi connectivity index (χ3v) is 1.16. The highest BCUT2D eigenvalue weighted by atomic mass is 15.1. The van der Waals surface area contributed by atoms with Gasteiger partial charge in [-0.05, 0) is 6.92 Å². The number of hydrogen-bond donors (Lipinski definition) is 0. The lowest BCUT2D eigenvalue weighted by Crippen LogP contribution is -1.99. The van der Waals surface area contributed by atoms with E-state index in [-0.39, 0.29) is 0 Å². The van der Waals surface area contributed by atoms with Crippen molar-refractivity contribution in [3.63, 3.8) is 0 Å². The minimum Gasteiger partial charge on any atom is -0.248 e. The van der Waals surface area contributed by atoms with Crippen molar-refractivity contribution in [3.05, 3.63) is 11.7 Å². The van der Waals surface area contributed by atoms with E-state index in [1.54, 1.807) is 6.20 Å². The molecule has 0 aromatic carbocycles. The average molecular weight is 93.9 g/mol. The van der Waals surface area contributed by atoms with Gasteiger partial charge < -0.3 is 0 Å². The van der Waals surface area contributed by atoms with Crippen LogP contribution >= 0.6 is 0 Å². The van der Waals surface area contributed by atoms with Gasteiger partial charge in [0, 0.05) is 6.20 Å². The SMILES string of the molecule is CB1N=NC=C1C. The second-order valence-corrected chi connectivity index (χ2v) is 1.78. The van der Waals surface area contributed by atoms with Crippen molar-refractivity contribution in [2.24, 2.45) is 10.1 Å². The first-order valence-electron chi connectivity index (χ1n) is 2.37. The predicted octanol–water partition coefficient (Wildman–Crippen LogP) is 1.52. The van der Waals surface area contributed by atoms with E-state index in [0.29, 0.717) is 6.85 Å². The summed E-state index contributed by atoms with van der Waals surface area (Å²) in [7, 11) is 0. The molecule has 7 heavy (non-hydrogen) atoms. The molecule has 1 aliphatic heterocycles. The molecule has 0 aliphatic carbocycles. The van der Waals surface area contributed by atoms with Gasteiger partial charge in [-0.15, -0.1) is 0 Å². The van der Waals surface area contributed by atoms with Crippen LogP contribution in [0.4, 0.5) is 0 Å². The normalized spacial score (nSPS) is 18.0. The Bertz CT molecular complexity index is 128. The van der Waals surface area contributed by atoms with Gasteiger partial charge in [-0.2, -0.15) is 5.11 Å². The Kier molecular flexibility index (Phi) is 0.967. The molecule has 0 bridgehead atoms. The van der Waals surface area contributed by atoms with Crippen LogP contribution < -0.4 is 0 Å². The van der Waals surface area contributed by atoms with Gasteiger partial charge in [0.15, 0.2) is 0 Å². The Morgan fingerprint density at radius 2 is 2.43 bits per heavy atom. The monoisotopic (exact) mass is 94.1 g/mol. The Hall–Kier alpha value is -0.595. The van der Waals surface area contributed by atoms with Gasteiger partial charge in [0.25, 0.3) is 0 Å². The Balaban J connectivity index is 2.69. The van der Waals surface area contributed by atoms with Crippen LogP contribution in [-0.2, 0) is 0 Å². The van der Waals surface area contributed by atoms with Gasteiger partial charge in [-0.1, -0.05) is 12.3 Å². The Morgan fingerprint density at radius 1 is 1.71 bits per heavy atom. The van der Waals surface area contributed by atoms with E-state index in [9.17, 15) is 0 Å². The third-order valence-electron chi connectivity index (χ3n) is 1.16. The molecule has 3 heteroatoms. The molecule has 0 amide bonds. The Morgan fingerprint density at radius 3 is 2.57 bits per heavy atom. The van der Waals surface area contributed by atoms with E-state index in [1.165, 1.54) is 5.47 Å². The molecular formula is C4H7BN2. The van der Waals surface area contributed by atoms with E-state index in [4.69, 9.17) is 0 Å². The zero-order chi connectivity index (χ0) is 5.28. The number of nitrogens with zero attached hydrogens (tertiary/aromatic N) is 2. The van der Waals surface area contributed by atoms with Gasteiger partial charge in [0.05, 0.1) is 0 Å². The van der Waals surface area contributed by atoms with Crippen LogP contribution in [0, 0.1) is 0 Å². The second kappa shape index (κ2) is 1.48. The van der Waals surface area contributed by atoms with Crippen molar-refractivity contribution < 1.29 is 0 Å². The van der Waals surface area contributed by atoms with E-state index >= 15 is 0 Å². The Labute approximate surface area is 43.4 Å². The predicted molar refractivity (Wildman–Crippen MR) is 30.2 cm³/mol. The van der Waals surface area contributed by atoms with Gasteiger partial charge in [-0.25, -0.2) is 5.03 Å². The van der Waals surface area contributed by atoms with Gasteiger partial charge >= 0.3 is 6.85 Å². The second-order valence-electron chi connectivity index (χ2n) is 1.78. The molecule has 0 aromatic rings. The van der Waals surface area contributed by atoms with Crippen molar-refractivity contribution in [3.8, 4) is 0 Å². The molecule has 0 spiro atoms. The van der Waals surface area contributed by atoms with Crippen LogP contribution in [0.2, 0.25) is 6.82 Å². The fourth-order valence-electron chi connectivity index (χ4n) is 0.423. The molecule has 0 saturated carbocycles. The van der Waals surface area contributed by atoms with Gasteiger partial charge in [0.2, 0.25) is 0 Å². The van der Waals surface area contributed by atoms with E-state index in [1.807, 2.05) is 13.7 Å². The molecule has 0 unspecified atom stereocenters. The van der Waals surface area contributed by atoms with Crippen LogP contribution in [0.15, 0.2) is 21.8 Å². The van der Waals surface area contributed by atoms with Crippen LogP contribution in [-0.4, -0.2) is 6.85 Å². The van der Waals surface area contributed by atoms with Crippen LogP contribution in [0.25, 0.3) is 0 Å². The summed E-state index contributed by atoms with van der Waals surface area (Å²) in [5.74, 6) is 0.